The minimum Gasteiger partial charge on any atom is -0.454 e. The first-order valence-corrected chi connectivity index (χ1v) is 8.71. The minimum atomic E-state index is -0.708. The SMILES string of the molecule is O=C(OCC(=O)c1ccccc1F)c1ccc2c(c1)NC(=O)[C@@H]1CCCN21. The van der Waals surface area contributed by atoms with Gasteiger partial charge in [0.25, 0.3) is 0 Å². The van der Waals surface area contributed by atoms with Gasteiger partial charge in [0.15, 0.2) is 6.61 Å². The lowest BCUT2D eigenvalue weighted by atomic mass is 10.1. The molecule has 2 aromatic carbocycles. The Morgan fingerprint density at radius 3 is 2.85 bits per heavy atom. The van der Waals surface area contributed by atoms with E-state index in [9.17, 15) is 18.8 Å². The Kier molecular flexibility index (Phi) is 4.35. The Morgan fingerprint density at radius 1 is 1.22 bits per heavy atom. The van der Waals surface area contributed by atoms with Gasteiger partial charge in [0.2, 0.25) is 11.7 Å². The molecule has 0 bridgehead atoms. The first kappa shape index (κ1) is 17.2. The lowest BCUT2D eigenvalue weighted by Gasteiger charge is -2.33. The molecule has 2 heterocycles. The summed E-state index contributed by atoms with van der Waals surface area (Å²) in [5, 5.41) is 2.82. The summed E-state index contributed by atoms with van der Waals surface area (Å²) in [5.74, 6) is -2.07. The number of fused-ring (bicyclic) bond motifs is 3. The summed E-state index contributed by atoms with van der Waals surface area (Å²) in [6, 6.07) is 10.3. The first-order chi connectivity index (χ1) is 13.0. The van der Waals surface area contributed by atoms with E-state index in [1.807, 2.05) is 4.90 Å². The maximum absolute atomic E-state index is 13.6. The maximum atomic E-state index is 13.6. The molecule has 1 amide bonds. The number of hydrogen-bond donors (Lipinski definition) is 1. The Bertz CT molecular complexity index is 943. The third-order valence-corrected chi connectivity index (χ3v) is 4.86. The van der Waals surface area contributed by atoms with E-state index in [0.29, 0.717) is 5.69 Å². The second-order valence-electron chi connectivity index (χ2n) is 6.55. The molecule has 27 heavy (non-hydrogen) atoms. The highest BCUT2D eigenvalue weighted by molar-refractivity contribution is 6.06. The van der Waals surface area contributed by atoms with E-state index >= 15 is 0 Å². The molecule has 0 unspecified atom stereocenters. The molecule has 2 aliphatic rings. The molecule has 0 aromatic heterocycles. The molecule has 2 aromatic rings. The quantitative estimate of drug-likeness (QED) is 0.663. The third-order valence-electron chi connectivity index (χ3n) is 4.86. The van der Waals surface area contributed by atoms with Crippen LogP contribution in [0.25, 0.3) is 0 Å². The number of benzene rings is 2. The highest BCUT2D eigenvalue weighted by Gasteiger charge is 2.36. The average Bonchev–Trinajstić information content (AvgIpc) is 3.16. The van der Waals surface area contributed by atoms with Gasteiger partial charge in [0.05, 0.1) is 22.5 Å². The van der Waals surface area contributed by atoms with Crippen LogP contribution in [0, 0.1) is 5.82 Å². The maximum Gasteiger partial charge on any atom is 0.338 e. The van der Waals surface area contributed by atoms with Crippen molar-refractivity contribution < 1.29 is 23.5 Å². The zero-order chi connectivity index (χ0) is 19.0. The molecule has 0 saturated carbocycles. The van der Waals surface area contributed by atoms with Gasteiger partial charge in [-0.15, -0.1) is 0 Å². The number of anilines is 2. The van der Waals surface area contributed by atoms with Crippen LogP contribution in [0.3, 0.4) is 0 Å². The molecule has 138 valence electrons. The van der Waals surface area contributed by atoms with Crippen LogP contribution < -0.4 is 10.2 Å². The van der Waals surface area contributed by atoms with Crippen molar-refractivity contribution >= 4 is 29.0 Å². The number of nitrogens with zero attached hydrogens (tertiary/aromatic N) is 1. The predicted molar refractivity (Wildman–Crippen MR) is 96.5 cm³/mol. The lowest BCUT2D eigenvalue weighted by molar-refractivity contribution is -0.117. The van der Waals surface area contributed by atoms with E-state index in [4.69, 9.17) is 4.74 Å². The summed E-state index contributed by atoms with van der Waals surface area (Å²) < 4.78 is 18.6. The predicted octanol–water partition coefficient (Wildman–Crippen LogP) is 2.79. The molecule has 1 N–H and O–H groups in total. The second-order valence-corrected chi connectivity index (χ2v) is 6.55. The van der Waals surface area contributed by atoms with Gasteiger partial charge in [-0.2, -0.15) is 0 Å². The number of nitrogens with one attached hydrogen (secondary N) is 1. The number of carbonyl (C=O) groups excluding carboxylic acids is 3. The minimum absolute atomic E-state index is 0.0831. The Hall–Kier alpha value is -3.22. The van der Waals surface area contributed by atoms with Gasteiger partial charge in [0, 0.05) is 6.54 Å². The fourth-order valence-corrected chi connectivity index (χ4v) is 3.54. The molecule has 1 saturated heterocycles. The number of ether oxygens (including phenoxy) is 1. The number of esters is 1. The summed E-state index contributed by atoms with van der Waals surface area (Å²) in [6.07, 6.45) is 1.76. The normalized spacial score (nSPS) is 17.7. The molecule has 0 aliphatic carbocycles. The topological polar surface area (TPSA) is 75.7 Å². The number of carbonyl (C=O) groups is 3. The molecule has 0 spiro atoms. The fourth-order valence-electron chi connectivity index (χ4n) is 3.54. The first-order valence-electron chi connectivity index (χ1n) is 8.71. The lowest BCUT2D eigenvalue weighted by Crippen LogP contribution is -2.43. The fraction of sp³-hybridized carbons (Fsp3) is 0.250. The summed E-state index contributed by atoms with van der Waals surface area (Å²) in [4.78, 5) is 38.5. The average molecular weight is 368 g/mol. The summed E-state index contributed by atoms with van der Waals surface area (Å²) in [5.41, 5.74) is 1.51. The van der Waals surface area contributed by atoms with Gasteiger partial charge in [-0.25, -0.2) is 9.18 Å². The highest BCUT2D eigenvalue weighted by atomic mass is 19.1. The second kappa shape index (κ2) is 6.83. The number of halogens is 1. The van der Waals surface area contributed by atoms with Crippen LogP contribution in [0.5, 0.6) is 0 Å². The van der Waals surface area contributed by atoms with Gasteiger partial charge < -0.3 is 15.0 Å². The number of hydrogen-bond acceptors (Lipinski definition) is 5. The van der Waals surface area contributed by atoms with Crippen LogP contribution in [0.4, 0.5) is 15.8 Å². The van der Waals surface area contributed by atoms with E-state index in [2.05, 4.69) is 5.32 Å². The van der Waals surface area contributed by atoms with Crippen LogP contribution in [-0.4, -0.2) is 36.9 Å². The molecule has 1 fully saturated rings. The van der Waals surface area contributed by atoms with Gasteiger partial charge in [-0.1, -0.05) is 12.1 Å². The molecule has 6 nitrogen and oxygen atoms in total. The van der Waals surface area contributed by atoms with Gasteiger partial charge in [-0.05, 0) is 43.2 Å². The number of amides is 1. The molecule has 2 aliphatic heterocycles. The van der Waals surface area contributed by atoms with Crippen molar-refractivity contribution in [2.24, 2.45) is 0 Å². The molecule has 7 heteroatoms. The number of rotatable bonds is 4. The zero-order valence-corrected chi connectivity index (χ0v) is 14.4. The van der Waals surface area contributed by atoms with Crippen LogP contribution in [0.1, 0.15) is 33.6 Å². The monoisotopic (exact) mass is 368 g/mol. The van der Waals surface area contributed by atoms with Crippen molar-refractivity contribution in [3.8, 4) is 0 Å². The number of Topliss-reactive ketones (excluding diaryl/α,β-unsaturated/α-hetero) is 1. The summed E-state index contributed by atoms with van der Waals surface area (Å²) in [7, 11) is 0. The van der Waals surface area contributed by atoms with Crippen molar-refractivity contribution in [1.82, 2.24) is 0 Å². The van der Waals surface area contributed by atoms with Crippen molar-refractivity contribution in [1.29, 1.82) is 0 Å². The van der Waals surface area contributed by atoms with Gasteiger partial charge in [0.1, 0.15) is 11.9 Å². The summed E-state index contributed by atoms with van der Waals surface area (Å²) >= 11 is 0. The van der Waals surface area contributed by atoms with Gasteiger partial charge >= 0.3 is 5.97 Å². The largest absolute Gasteiger partial charge is 0.454 e. The zero-order valence-electron chi connectivity index (χ0n) is 14.4. The summed E-state index contributed by atoms with van der Waals surface area (Å²) in [6.45, 7) is 0.240. The molecular weight excluding hydrogens is 351 g/mol. The smallest absolute Gasteiger partial charge is 0.338 e. The van der Waals surface area contributed by atoms with E-state index in [1.54, 1.807) is 12.1 Å². The van der Waals surface area contributed by atoms with Crippen LogP contribution in [-0.2, 0) is 9.53 Å². The molecular formula is C20H17FN2O4. The van der Waals surface area contributed by atoms with Crippen molar-refractivity contribution in [3.63, 3.8) is 0 Å². The molecule has 1 atom stereocenters. The Labute approximate surface area is 154 Å². The highest BCUT2D eigenvalue weighted by Crippen LogP contribution is 2.37. The van der Waals surface area contributed by atoms with Crippen molar-refractivity contribution in [3.05, 3.63) is 59.4 Å². The van der Waals surface area contributed by atoms with E-state index in [-0.39, 0.29) is 23.1 Å². The van der Waals surface area contributed by atoms with Crippen molar-refractivity contribution in [2.45, 2.75) is 18.9 Å². The van der Waals surface area contributed by atoms with E-state index in [1.165, 1.54) is 30.3 Å². The van der Waals surface area contributed by atoms with E-state index in [0.717, 1.165) is 25.1 Å². The van der Waals surface area contributed by atoms with Crippen LogP contribution in [0.15, 0.2) is 42.5 Å². The molecule has 0 radical (unpaired) electrons. The van der Waals surface area contributed by atoms with Crippen LogP contribution >= 0.6 is 0 Å². The number of ketones is 1. The van der Waals surface area contributed by atoms with Crippen LogP contribution in [0.2, 0.25) is 0 Å². The van der Waals surface area contributed by atoms with Gasteiger partial charge in [-0.3, -0.25) is 9.59 Å². The Morgan fingerprint density at radius 2 is 2.04 bits per heavy atom. The Balaban J connectivity index is 1.47. The van der Waals surface area contributed by atoms with E-state index < -0.39 is 24.2 Å². The standard InChI is InChI=1S/C20H17FN2O4/c21-14-5-2-1-4-13(14)18(24)11-27-20(26)12-7-8-16-15(10-12)22-19(25)17-6-3-9-23(16)17/h1-2,4-5,7-8,10,17H,3,6,9,11H2,(H,22,25)/t17-/m0/s1. The third kappa shape index (κ3) is 3.16. The van der Waals surface area contributed by atoms with Crippen molar-refractivity contribution in [2.75, 3.05) is 23.4 Å². The molecule has 4 rings (SSSR count).